The molecule has 3 aliphatic rings. The van der Waals surface area contributed by atoms with Crippen LogP contribution in [0, 0.1) is 30.6 Å². The first-order valence-corrected chi connectivity index (χ1v) is 11.8. The molecule has 1 saturated heterocycles. The van der Waals surface area contributed by atoms with E-state index < -0.39 is 0 Å². The summed E-state index contributed by atoms with van der Waals surface area (Å²) in [6.07, 6.45) is 5.03. The van der Waals surface area contributed by atoms with Crippen molar-refractivity contribution in [2.75, 3.05) is 10.2 Å². The van der Waals surface area contributed by atoms with Crippen molar-refractivity contribution in [3.63, 3.8) is 0 Å². The SMILES string of the molecule is Cc1ccc(Oc2ccc(NC(=O)c3cccc(N4C(=O)[C@@H]5[C@H](C4=O)[C@H]4C=C[C@H]5C4)c3)cc2)cc1. The van der Waals surface area contributed by atoms with Gasteiger partial charge in [0.15, 0.2) is 0 Å². The number of carbonyl (C=O) groups is 3. The average molecular weight is 465 g/mol. The number of nitrogens with one attached hydrogen (secondary N) is 1. The molecule has 3 amide bonds. The molecule has 2 aliphatic carbocycles. The Hall–Kier alpha value is -4.19. The molecule has 2 fully saturated rings. The summed E-state index contributed by atoms with van der Waals surface area (Å²) in [4.78, 5) is 40.4. The molecule has 0 spiro atoms. The van der Waals surface area contributed by atoms with Crippen LogP contribution < -0.4 is 15.0 Å². The monoisotopic (exact) mass is 464 g/mol. The third-order valence-corrected chi connectivity index (χ3v) is 7.21. The number of hydrogen-bond acceptors (Lipinski definition) is 4. The second-order valence-corrected chi connectivity index (χ2v) is 9.46. The van der Waals surface area contributed by atoms with Gasteiger partial charge in [-0.1, -0.05) is 35.9 Å². The molecule has 0 aromatic heterocycles. The Balaban J connectivity index is 1.15. The van der Waals surface area contributed by atoms with Gasteiger partial charge in [-0.2, -0.15) is 0 Å². The third kappa shape index (κ3) is 3.71. The Morgan fingerprint density at radius 1 is 0.857 bits per heavy atom. The minimum Gasteiger partial charge on any atom is -0.457 e. The second kappa shape index (κ2) is 8.24. The van der Waals surface area contributed by atoms with Crippen molar-refractivity contribution in [1.82, 2.24) is 0 Å². The largest absolute Gasteiger partial charge is 0.457 e. The zero-order valence-corrected chi connectivity index (χ0v) is 19.2. The van der Waals surface area contributed by atoms with Gasteiger partial charge in [0.25, 0.3) is 5.91 Å². The van der Waals surface area contributed by atoms with Crippen LogP contribution in [0.3, 0.4) is 0 Å². The molecule has 1 N–H and O–H groups in total. The average Bonchev–Trinajstić information content (AvgIpc) is 3.55. The summed E-state index contributed by atoms with van der Waals surface area (Å²) in [5.41, 5.74) is 2.59. The molecular formula is C29H24N2O4. The molecule has 6 heteroatoms. The van der Waals surface area contributed by atoms with Crippen molar-refractivity contribution >= 4 is 29.1 Å². The first-order chi connectivity index (χ1) is 17.0. The molecule has 174 valence electrons. The van der Waals surface area contributed by atoms with Crippen LogP contribution in [-0.2, 0) is 9.59 Å². The fourth-order valence-corrected chi connectivity index (χ4v) is 5.50. The maximum atomic E-state index is 13.1. The van der Waals surface area contributed by atoms with Crippen molar-refractivity contribution in [2.45, 2.75) is 13.3 Å². The maximum absolute atomic E-state index is 13.1. The van der Waals surface area contributed by atoms with Gasteiger partial charge in [-0.15, -0.1) is 0 Å². The van der Waals surface area contributed by atoms with E-state index in [0.29, 0.717) is 22.7 Å². The van der Waals surface area contributed by atoms with Crippen molar-refractivity contribution in [2.24, 2.45) is 23.7 Å². The Labute approximate surface area is 203 Å². The Bertz CT molecular complexity index is 1330. The van der Waals surface area contributed by atoms with Crippen LogP contribution in [-0.4, -0.2) is 17.7 Å². The Morgan fingerprint density at radius 2 is 1.46 bits per heavy atom. The fraction of sp³-hybridized carbons (Fsp3) is 0.207. The van der Waals surface area contributed by atoms with Gasteiger partial charge in [0.05, 0.1) is 17.5 Å². The van der Waals surface area contributed by atoms with Crippen LogP contribution in [0.2, 0.25) is 0 Å². The minimum absolute atomic E-state index is 0.149. The molecular weight excluding hydrogens is 440 g/mol. The second-order valence-electron chi connectivity index (χ2n) is 9.46. The molecule has 3 aromatic carbocycles. The summed E-state index contributed by atoms with van der Waals surface area (Å²) in [7, 11) is 0. The van der Waals surface area contributed by atoms with E-state index in [2.05, 4.69) is 17.5 Å². The summed E-state index contributed by atoms with van der Waals surface area (Å²) in [5, 5.41) is 2.87. The normalized spacial score (nSPS) is 24.1. The highest BCUT2D eigenvalue weighted by Gasteiger charge is 2.59. The molecule has 6 rings (SSSR count). The lowest BCUT2D eigenvalue weighted by molar-refractivity contribution is -0.123. The third-order valence-electron chi connectivity index (χ3n) is 7.21. The zero-order valence-electron chi connectivity index (χ0n) is 19.2. The fourth-order valence-electron chi connectivity index (χ4n) is 5.50. The molecule has 1 saturated carbocycles. The van der Waals surface area contributed by atoms with Gasteiger partial charge >= 0.3 is 0 Å². The maximum Gasteiger partial charge on any atom is 0.255 e. The van der Waals surface area contributed by atoms with Crippen LogP contribution in [0.5, 0.6) is 11.5 Å². The summed E-state index contributed by atoms with van der Waals surface area (Å²) < 4.78 is 5.83. The lowest BCUT2D eigenvalue weighted by Crippen LogP contribution is -2.33. The van der Waals surface area contributed by atoms with Crippen LogP contribution >= 0.6 is 0 Å². The number of benzene rings is 3. The van der Waals surface area contributed by atoms with Crippen LogP contribution in [0.4, 0.5) is 11.4 Å². The highest BCUT2D eigenvalue weighted by atomic mass is 16.5. The Kier molecular flexibility index (Phi) is 5.02. The predicted octanol–water partition coefficient (Wildman–Crippen LogP) is 5.35. The number of anilines is 2. The van der Waals surface area contributed by atoms with Gasteiger partial charge in [-0.3, -0.25) is 14.4 Å². The molecule has 0 unspecified atom stereocenters. The van der Waals surface area contributed by atoms with E-state index in [-0.39, 0.29) is 41.4 Å². The first kappa shape index (κ1) is 21.4. The number of imide groups is 1. The van der Waals surface area contributed by atoms with Gasteiger partial charge in [-0.05, 0) is 79.8 Å². The van der Waals surface area contributed by atoms with E-state index in [0.717, 1.165) is 17.7 Å². The summed E-state index contributed by atoms with van der Waals surface area (Å²) >= 11 is 0. The molecule has 6 nitrogen and oxygen atoms in total. The van der Waals surface area contributed by atoms with Gasteiger partial charge < -0.3 is 10.1 Å². The lowest BCUT2D eigenvalue weighted by Gasteiger charge is -2.18. The number of ether oxygens (including phenoxy) is 1. The van der Waals surface area contributed by atoms with Crippen molar-refractivity contribution in [3.8, 4) is 11.5 Å². The van der Waals surface area contributed by atoms with Crippen molar-refractivity contribution in [3.05, 3.63) is 96.1 Å². The number of amides is 3. The number of hydrogen-bond donors (Lipinski definition) is 1. The van der Waals surface area contributed by atoms with Gasteiger partial charge in [0.1, 0.15) is 11.5 Å². The van der Waals surface area contributed by atoms with Gasteiger partial charge in [-0.25, -0.2) is 4.90 Å². The smallest absolute Gasteiger partial charge is 0.255 e. The molecule has 2 bridgehead atoms. The minimum atomic E-state index is -0.319. The van der Waals surface area contributed by atoms with E-state index in [4.69, 9.17) is 4.74 Å². The highest BCUT2D eigenvalue weighted by Crippen LogP contribution is 2.53. The van der Waals surface area contributed by atoms with Crippen LogP contribution in [0.1, 0.15) is 22.3 Å². The number of allylic oxidation sites excluding steroid dienone is 2. The number of nitrogens with zero attached hydrogens (tertiary/aromatic N) is 1. The van der Waals surface area contributed by atoms with Crippen molar-refractivity contribution < 1.29 is 19.1 Å². The van der Waals surface area contributed by atoms with E-state index in [1.807, 2.05) is 31.2 Å². The summed E-state index contributed by atoms with van der Waals surface area (Å²) in [6.45, 7) is 2.02. The van der Waals surface area contributed by atoms with Crippen LogP contribution in [0.15, 0.2) is 84.9 Å². The molecule has 35 heavy (non-hydrogen) atoms. The molecule has 1 heterocycles. The summed E-state index contributed by atoms with van der Waals surface area (Å²) in [6, 6.07) is 21.6. The predicted molar refractivity (Wildman–Crippen MR) is 132 cm³/mol. The topological polar surface area (TPSA) is 75.7 Å². The first-order valence-electron chi connectivity index (χ1n) is 11.8. The van der Waals surface area contributed by atoms with Crippen molar-refractivity contribution in [1.29, 1.82) is 0 Å². The standard InChI is InChI=1S/C29H24N2O4/c1-17-5-11-23(12-6-17)35-24-13-9-21(10-14-24)30-27(32)20-3-2-4-22(16-20)31-28(33)25-18-7-8-19(15-18)26(25)29(31)34/h2-14,16,18-19,25-26H,15H2,1H3,(H,30,32)/t18-,19-,25-,26+/m0/s1. The molecule has 3 aromatic rings. The molecule has 0 radical (unpaired) electrons. The number of carbonyl (C=O) groups excluding carboxylic acids is 3. The summed E-state index contributed by atoms with van der Waals surface area (Å²) in [5.74, 6) is 0.535. The zero-order chi connectivity index (χ0) is 24.1. The number of fused-ring (bicyclic) bond motifs is 5. The van der Waals surface area contributed by atoms with Crippen LogP contribution in [0.25, 0.3) is 0 Å². The highest BCUT2D eigenvalue weighted by molar-refractivity contribution is 6.23. The van der Waals surface area contributed by atoms with E-state index in [1.165, 1.54) is 4.90 Å². The van der Waals surface area contributed by atoms with Gasteiger partial charge in [0, 0.05) is 11.3 Å². The number of aryl methyl sites for hydroxylation is 1. The van der Waals surface area contributed by atoms with E-state index in [9.17, 15) is 14.4 Å². The quantitative estimate of drug-likeness (QED) is 0.408. The van der Waals surface area contributed by atoms with E-state index in [1.54, 1.807) is 48.5 Å². The van der Waals surface area contributed by atoms with Gasteiger partial charge in [0.2, 0.25) is 11.8 Å². The van der Waals surface area contributed by atoms with E-state index >= 15 is 0 Å². The number of rotatable bonds is 5. The Morgan fingerprint density at radius 3 is 2.09 bits per heavy atom. The lowest BCUT2D eigenvalue weighted by atomic mass is 9.85. The molecule has 1 aliphatic heterocycles. The molecule has 4 atom stereocenters.